The van der Waals surface area contributed by atoms with E-state index in [2.05, 4.69) is 54.9 Å². The molecule has 0 amide bonds. The van der Waals surface area contributed by atoms with E-state index in [1.165, 1.54) is 27.8 Å². The number of aliphatic hydroxyl groups is 1. The van der Waals surface area contributed by atoms with Crippen LogP contribution >= 0.6 is 15.9 Å². The molecule has 1 unspecified atom stereocenters. The van der Waals surface area contributed by atoms with Crippen LogP contribution in [-0.4, -0.2) is 11.7 Å². The molecule has 106 valence electrons. The maximum atomic E-state index is 9.78. The Hall–Kier alpha value is -1.12. The highest BCUT2D eigenvalue weighted by Gasteiger charge is 2.16. The highest BCUT2D eigenvalue weighted by atomic mass is 79.9. The summed E-state index contributed by atoms with van der Waals surface area (Å²) >= 11 is 3.59. The number of hydrogen-bond donors (Lipinski definition) is 1. The normalized spacial score (nSPS) is 12.4. The predicted octanol–water partition coefficient (Wildman–Crippen LogP) is 4.69. The first-order valence-corrected chi connectivity index (χ1v) is 7.74. The van der Waals surface area contributed by atoms with E-state index in [9.17, 15) is 5.11 Å². The first kappa shape index (κ1) is 15.3. The number of benzene rings is 2. The molecule has 0 aromatic heterocycles. The average Bonchev–Trinajstić information content (AvgIpc) is 2.39. The summed E-state index contributed by atoms with van der Waals surface area (Å²) in [6.45, 7) is 6.60. The van der Waals surface area contributed by atoms with Gasteiger partial charge in [0.1, 0.15) is 0 Å². The van der Waals surface area contributed by atoms with Gasteiger partial charge in [-0.05, 0) is 55.5 Å². The van der Waals surface area contributed by atoms with Crippen molar-refractivity contribution in [1.29, 1.82) is 0 Å². The van der Waals surface area contributed by atoms with E-state index in [0.29, 0.717) is 0 Å². The molecule has 2 aromatic carbocycles. The Balaban J connectivity index is 2.35. The van der Waals surface area contributed by atoms with Crippen LogP contribution in [0.1, 0.15) is 33.7 Å². The minimum atomic E-state index is 0.130. The first-order valence-electron chi connectivity index (χ1n) is 6.95. The summed E-state index contributed by atoms with van der Waals surface area (Å²) in [5.41, 5.74) is 6.45. The Morgan fingerprint density at radius 1 is 1.05 bits per heavy atom. The van der Waals surface area contributed by atoms with Gasteiger partial charge >= 0.3 is 0 Å². The Morgan fingerprint density at radius 3 is 2.20 bits per heavy atom. The van der Waals surface area contributed by atoms with Crippen molar-refractivity contribution in [3.8, 4) is 0 Å². The van der Waals surface area contributed by atoms with Crippen LogP contribution in [0.2, 0.25) is 0 Å². The minimum Gasteiger partial charge on any atom is -0.396 e. The number of hydrogen-bond acceptors (Lipinski definition) is 1. The van der Waals surface area contributed by atoms with Gasteiger partial charge in [0.25, 0.3) is 0 Å². The Bertz CT molecular complexity index is 581. The average molecular weight is 333 g/mol. The third-order valence-corrected chi connectivity index (χ3v) is 4.58. The lowest BCUT2D eigenvalue weighted by atomic mass is 9.88. The molecule has 1 nitrogen and oxygen atoms in total. The second-order valence-corrected chi connectivity index (χ2v) is 6.34. The molecule has 0 heterocycles. The van der Waals surface area contributed by atoms with E-state index in [1.807, 2.05) is 18.2 Å². The zero-order valence-electron chi connectivity index (χ0n) is 12.3. The van der Waals surface area contributed by atoms with E-state index >= 15 is 0 Å². The molecule has 1 atom stereocenters. The molecular formula is C18H21BrO. The van der Waals surface area contributed by atoms with E-state index in [4.69, 9.17) is 0 Å². The molecule has 0 spiro atoms. The minimum absolute atomic E-state index is 0.130. The number of halogens is 1. The summed E-state index contributed by atoms with van der Waals surface area (Å²) in [5, 5.41) is 9.78. The van der Waals surface area contributed by atoms with Crippen LogP contribution in [0.15, 0.2) is 40.9 Å². The molecule has 0 saturated carbocycles. The Morgan fingerprint density at radius 2 is 1.65 bits per heavy atom. The molecule has 20 heavy (non-hydrogen) atoms. The fourth-order valence-corrected chi connectivity index (χ4v) is 3.47. The molecule has 2 rings (SSSR count). The lowest BCUT2D eigenvalue weighted by Gasteiger charge is -2.19. The SMILES string of the molecule is Cc1cc(C)c(CC(CO)c2ccccc2Br)c(C)c1. The first-order chi connectivity index (χ1) is 9.52. The molecule has 0 fully saturated rings. The van der Waals surface area contributed by atoms with E-state index in [1.54, 1.807) is 0 Å². The number of aliphatic hydroxyl groups excluding tert-OH is 1. The maximum absolute atomic E-state index is 9.78. The standard InChI is InChI=1S/C18H21BrO/c1-12-8-13(2)17(14(3)9-12)10-15(11-20)16-6-4-5-7-18(16)19/h4-9,15,20H,10-11H2,1-3H3. The fraction of sp³-hybridized carbons (Fsp3) is 0.333. The molecule has 0 aliphatic heterocycles. The van der Waals surface area contributed by atoms with Gasteiger partial charge in [-0.2, -0.15) is 0 Å². The van der Waals surface area contributed by atoms with E-state index in [-0.39, 0.29) is 12.5 Å². The third kappa shape index (κ3) is 3.31. The molecule has 2 heteroatoms. The summed E-state index contributed by atoms with van der Waals surface area (Å²) in [5.74, 6) is 0.130. The third-order valence-electron chi connectivity index (χ3n) is 3.86. The van der Waals surface area contributed by atoms with Gasteiger partial charge in [0.15, 0.2) is 0 Å². The lowest BCUT2D eigenvalue weighted by Crippen LogP contribution is -2.10. The zero-order chi connectivity index (χ0) is 14.7. The van der Waals surface area contributed by atoms with Crippen LogP contribution in [0.25, 0.3) is 0 Å². The van der Waals surface area contributed by atoms with Gasteiger partial charge in [0.05, 0.1) is 6.61 Å². The van der Waals surface area contributed by atoms with Crippen LogP contribution in [0.4, 0.5) is 0 Å². The molecule has 1 N–H and O–H groups in total. The summed E-state index contributed by atoms with van der Waals surface area (Å²) < 4.78 is 1.07. The number of aryl methyl sites for hydroxylation is 3. The van der Waals surface area contributed by atoms with E-state index < -0.39 is 0 Å². The molecule has 2 aromatic rings. The topological polar surface area (TPSA) is 20.2 Å². The number of rotatable bonds is 4. The molecule has 0 aliphatic carbocycles. The molecule has 0 radical (unpaired) electrons. The molecule has 0 bridgehead atoms. The smallest absolute Gasteiger partial charge is 0.0503 e. The summed E-state index contributed by atoms with van der Waals surface area (Å²) in [7, 11) is 0. The van der Waals surface area contributed by atoms with Crippen molar-refractivity contribution in [3.05, 3.63) is 68.7 Å². The van der Waals surface area contributed by atoms with Crippen molar-refractivity contribution in [2.75, 3.05) is 6.61 Å². The maximum Gasteiger partial charge on any atom is 0.0503 e. The highest BCUT2D eigenvalue weighted by molar-refractivity contribution is 9.10. The van der Waals surface area contributed by atoms with Gasteiger partial charge < -0.3 is 5.11 Å². The van der Waals surface area contributed by atoms with Crippen LogP contribution < -0.4 is 0 Å². The summed E-state index contributed by atoms with van der Waals surface area (Å²) in [4.78, 5) is 0. The van der Waals surface area contributed by atoms with Gasteiger partial charge in [-0.1, -0.05) is 51.8 Å². The van der Waals surface area contributed by atoms with Crippen molar-refractivity contribution in [2.45, 2.75) is 33.1 Å². The van der Waals surface area contributed by atoms with Crippen LogP contribution in [0, 0.1) is 20.8 Å². The van der Waals surface area contributed by atoms with Crippen LogP contribution in [0.5, 0.6) is 0 Å². The second kappa shape index (κ2) is 6.55. The van der Waals surface area contributed by atoms with Crippen molar-refractivity contribution in [2.24, 2.45) is 0 Å². The fourth-order valence-electron chi connectivity index (χ4n) is 2.86. The van der Waals surface area contributed by atoms with Crippen LogP contribution in [0.3, 0.4) is 0 Å². The Kier molecular flexibility index (Phi) is 5.00. The van der Waals surface area contributed by atoms with Crippen molar-refractivity contribution >= 4 is 15.9 Å². The van der Waals surface area contributed by atoms with Gasteiger partial charge in [-0.25, -0.2) is 0 Å². The van der Waals surface area contributed by atoms with Gasteiger partial charge in [-0.3, -0.25) is 0 Å². The Labute approximate surface area is 129 Å². The van der Waals surface area contributed by atoms with Gasteiger partial charge in [0, 0.05) is 10.4 Å². The zero-order valence-corrected chi connectivity index (χ0v) is 13.9. The summed E-state index contributed by atoms with van der Waals surface area (Å²) in [6, 6.07) is 12.6. The quantitative estimate of drug-likeness (QED) is 0.860. The van der Waals surface area contributed by atoms with Crippen molar-refractivity contribution < 1.29 is 5.11 Å². The van der Waals surface area contributed by atoms with Gasteiger partial charge in [0.2, 0.25) is 0 Å². The van der Waals surface area contributed by atoms with Crippen molar-refractivity contribution in [1.82, 2.24) is 0 Å². The molecular weight excluding hydrogens is 312 g/mol. The highest BCUT2D eigenvalue weighted by Crippen LogP contribution is 2.29. The van der Waals surface area contributed by atoms with E-state index in [0.717, 1.165) is 10.9 Å². The second-order valence-electron chi connectivity index (χ2n) is 5.48. The monoisotopic (exact) mass is 332 g/mol. The molecule has 0 saturated heterocycles. The van der Waals surface area contributed by atoms with Crippen molar-refractivity contribution in [3.63, 3.8) is 0 Å². The predicted molar refractivity (Wildman–Crippen MR) is 88.3 cm³/mol. The summed E-state index contributed by atoms with van der Waals surface area (Å²) in [6.07, 6.45) is 0.872. The van der Waals surface area contributed by atoms with Gasteiger partial charge in [-0.15, -0.1) is 0 Å². The molecule has 0 aliphatic rings. The lowest BCUT2D eigenvalue weighted by molar-refractivity contribution is 0.264. The largest absolute Gasteiger partial charge is 0.396 e. The van der Waals surface area contributed by atoms with Crippen LogP contribution in [-0.2, 0) is 6.42 Å².